The van der Waals surface area contributed by atoms with Crippen molar-refractivity contribution in [2.45, 2.75) is 32.2 Å². The number of hydrogen-bond acceptors (Lipinski definition) is 4. The molecule has 1 aliphatic rings. The molecule has 0 unspecified atom stereocenters. The van der Waals surface area contributed by atoms with Crippen LogP contribution in [0.5, 0.6) is 0 Å². The summed E-state index contributed by atoms with van der Waals surface area (Å²) in [6, 6.07) is 1.54. The van der Waals surface area contributed by atoms with Crippen molar-refractivity contribution in [3.8, 4) is 0 Å². The highest BCUT2D eigenvalue weighted by molar-refractivity contribution is 5.89. The van der Waals surface area contributed by atoms with Crippen molar-refractivity contribution >= 4 is 23.6 Å². The fourth-order valence-electron chi connectivity index (χ4n) is 1.81. The van der Waals surface area contributed by atoms with Gasteiger partial charge in [-0.2, -0.15) is 5.10 Å². The molecule has 0 radical (unpaired) electrons. The smallest absolute Gasteiger partial charge is 0.325 e. The number of rotatable bonds is 8. The van der Waals surface area contributed by atoms with Gasteiger partial charge in [0.05, 0.1) is 0 Å². The predicted molar refractivity (Wildman–Crippen MR) is 73.5 cm³/mol. The van der Waals surface area contributed by atoms with E-state index < -0.39 is 5.97 Å². The van der Waals surface area contributed by atoms with Crippen LogP contribution in [-0.2, 0) is 20.9 Å². The molecule has 1 aromatic rings. The van der Waals surface area contributed by atoms with Crippen molar-refractivity contribution in [1.29, 1.82) is 0 Å². The Hall–Kier alpha value is -2.38. The maximum absolute atomic E-state index is 11.6. The van der Waals surface area contributed by atoms with Crippen molar-refractivity contribution in [1.82, 2.24) is 15.1 Å². The summed E-state index contributed by atoms with van der Waals surface area (Å²) >= 11 is 0. The molecule has 1 aromatic heterocycles. The van der Waals surface area contributed by atoms with Gasteiger partial charge in [0.25, 0.3) is 0 Å². The Morgan fingerprint density at radius 1 is 1.38 bits per heavy atom. The number of aromatic nitrogens is 2. The lowest BCUT2D eigenvalue weighted by molar-refractivity contribution is -0.137. The van der Waals surface area contributed by atoms with E-state index in [4.69, 9.17) is 5.11 Å². The summed E-state index contributed by atoms with van der Waals surface area (Å²) in [7, 11) is 0. The second-order valence-electron chi connectivity index (χ2n) is 5.01. The van der Waals surface area contributed by atoms with E-state index in [2.05, 4.69) is 15.7 Å². The first-order valence-electron chi connectivity index (χ1n) is 6.87. The maximum Gasteiger partial charge on any atom is 0.325 e. The van der Waals surface area contributed by atoms with Gasteiger partial charge in [-0.05, 0) is 19.3 Å². The van der Waals surface area contributed by atoms with E-state index in [0.717, 1.165) is 12.8 Å². The molecule has 1 aliphatic carbocycles. The minimum absolute atomic E-state index is 0.0721. The van der Waals surface area contributed by atoms with Crippen molar-refractivity contribution in [2.75, 3.05) is 11.9 Å². The molecule has 2 rings (SSSR count). The van der Waals surface area contributed by atoms with Crippen LogP contribution >= 0.6 is 0 Å². The lowest BCUT2D eigenvalue weighted by Crippen LogP contribution is -2.26. The summed E-state index contributed by atoms with van der Waals surface area (Å²) in [5, 5.41) is 17.9. The third kappa shape index (κ3) is 5.25. The zero-order valence-electron chi connectivity index (χ0n) is 11.5. The Kier molecular flexibility index (Phi) is 4.91. The molecule has 0 bridgehead atoms. The van der Waals surface area contributed by atoms with E-state index in [0.29, 0.717) is 18.8 Å². The quantitative estimate of drug-likeness (QED) is 0.593. The van der Waals surface area contributed by atoms with Crippen LogP contribution in [0.4, 0.5) is 5.82 Å². The molecule has 114 valence electrons. The van der Waals surface area contributed by atoms with Crippen molar-refractivity contribution < 1.29 is 19.5 Å². The van der Waals surface area contributed by atoms with E-state index in [1.54, 1.807) is 0 Å². The Morgan fingerprint density at radius 2 is 2.14 bits per heavy atom. The van der Waals surface area contributed by atoms with Gasteiger partial charge < -0.3 is 15.7 Å². The van der Waals surface area contributed by atoms with Crippen LogP contribution in [0.25, 0.3) is 0 Å². The normalized spacial score (nSPS) is 13.7. The molecular weight excluding hydrogens is 276 g/mol. The number of nitrogens with zero attached hydrogens (tertiary/aromatic N) is 2. The molecule has 0 atom stereocenters. The molecule has 3 N–H and O–H groups in total. The fourth-order valence-corrected chi connectivity index (χ4v) is 1.81. The maximum atomic E-state index is 11.6. The highest BCUT2D eigenvalue weighted by atomic mass is 16.4. The van der Waals surface area contributed by atoms with Gasteiger partial charge in [0, 0.05) is 31.1 Å². The number of carboxylic acid groups (broad SMARTS) is 1. The highest BCUT2D eigenvalue weighted by Crippen LogP contribution is 2.28. The average molecular weight is 294 g/mol. The van der Waals surface area contributed by atoms with Crippen LogP contribution in [0.2, 0.25) is 0 Å². The average Bonchev–Trinajstić information content (AvgIpc) is 3.17. The van der Waals surface area contributed by atoms with Gasteiger partial charge in [0.15, 0.2) is 5.82 Å². The number of carboxylic acids is 1. The minimum atomic E-state index is -0.998. The van der Waals surface area contributed by atoms with E-state index in [1.807, 2.05) is 0 Å². The van der Waals surface area contributed by atoms with Crippen LogP contribution in [0.3, 0.4) is 0 Å². The molecule has 0 aliphatic heterocycles. The Balaban J connectivity index is 1.63. The first-order valence-corrected chi connectivity index (χ1v) is 6.87. The first-order chi connectivity index (χ1) is 10.0. The van der Waals surface area contributed by atoms with Crippen molar-refractivity contribution in [2.24, 2.45) is 5.92 Å². The molecule has 0 saturated heterocycles. The number of carbonyl (C=O) groups is 3. The molecule has 21 heavy (non-hydrogen) atoms. The van der Waals surface area contributed by atoms with Crippen molar-refractivity contribution in [3.63, 3.8) is 0 Å². The lowest BCUT2D eigenvalue weighted by Gasteiger charge is -2.04. The van der Waals surface area contributed by atoms with E-state index in [9.17, 15) is 14.4 Å². The van der Waals surface area contributed by atoms with Gasteiger partial charge in [0.1, 0.15) is 6.54 Å². The third-order valence-corrected chi connectivity index (χ3v) is 3.03. The summed E-state index contributed by atoms with van der Waals surface area (Å²) in [5.74, 6) is -0.637. The van der Waals surface area contributed by atoms with E-state index >= 15 is 0 Å². The molecule has 1 saturated carbocycles. The molecule has 0 spiro atoms. The molecule has 8 nitrogen and oxygen atoms in total. The summed E-state index contributed by atoms with van der Waals surface area (Å²) in [6.07, 6.45) is 4.24. The summed E-state index contributed by atoms with van der Waals surface area (Å²) in [4.78, 5) is 33.5. The van der Waals surface area contributed by atoms with E-state index in [-0.39, 0.29) is 30.7 Å². The number of amides is 2. The van der Waals surface area contributed by atoms with Crippen molar-refractivity contribution in [3.05, 3.63) is 12.3 Å². The van der Waals surface area contributed by atoms with E-state index in [1.165, 1.54) is 16.9 Å². The largest absolute Gasteiger partial charge is 0.480 e. The van der Waals surface area contributed by atoms with Gasteiger partial charge >= 0.3 is 5.97 Å². The summed E-state index contributed by atoms with van der Waals surface area (Å²) in [6.45, 7) is 0.235. The van der Waals surface area contributed by atoms with Crippen LogP contribution in [-0.4, -0.2) is 39.2 Å². The molecule has 8 heteroatoms. The summed E-state index contributed by atoms with van der Waals surface area (Å²) in [5.41, 5.74) is 0. The van der Waals surface area contributed by atoms with Gasteiger partial charge in [-0.15, -0.1) is 0 Å². The standard InChI is InChI=1S/C13H18N4O4/c18-11(2-1-6-14-13(21)9-3-4-9)15-10-5-7-17(16-10)8-12(19)20/h5,7,9H,1-4,6,8H2,(H,14,21)(H,19,20)(H,15,16,18). The number of hydrogen-bond donors (Lipinski definition) is 3. The molecular formula is C13H18N4O4. The number of nitrogens with one attached hydrogen (secondary N) is 2. The van der Waals surface area contributed by atoms with Gasteiger partial charge in [-0.25, -0.2) is 0 Å². The van der Waals surface area contributed by atoms with Gasteiger partial charge in [-0.3, -0.25) is 19.1 Å². The lowest BCUT2D eigenvalue weighted by atomic mass is 10.3. The Labute approximate surface area is 121 Å². The second kappa shape index (κ2) is 6.87. The zero-order valence-corrected chi connectivity index (χ0v) is 11.5. The highest BCUT2D eigenvalue weighted by Gasteiger charge is 2.28. The van der Waals surface area contributed by atoms with Crippen LogP contribution in [0, 0.1) is 5.92 Å². The van der Waals surface area contributed by atoms with Crippen LogP contribution in [0.15, 0.2) is 12.3 Å². The van der Waals surface area contributed by atoms with Crippen LogP contribution in [0.1, 0.15) is 25.7 Å². The monoisotopic (exact) mass is 294 g/mol. The first kappa shape index (κ1) is 15.0. The molecule has 1 fully saturated rings. The van der Waals surface area contributed by atoms with Gasteiger partial charge in [-0.1, -0.05) is 0 Å². The summed E-state index contributed by atoms with van der Waals surface area (Å²) < 4.78 is 1.23. The minimum Gasteiger partial charge on any atom is -0.480 e. The number of aliphatic carboxylic acids is 1. The second-order valence-corrected chi connectivity index (χ2v) is 5.01. The Bertz CT molecular complexity index is 536. The third-order valence-electron chi connectivity index (χ3n) is 3.03. The molecule has 1 heterocycles. The van der Waals surface area contributed by atoms with Gasteiger partial charge in [0.2, 0.25) is 11.8 Å². The topological polar surface area (TPSA) is 113 Å². The number of anilines is 1. The Morgan fingerprint density at radius 3 is 2.81 bits per heavy atom. The predicted octanol–water partition coefficient (Wildman–Crippen LogP) is 0.213. The fraction of sp³-hybridized carbons (Fsp3) is 0.538. The van der Waals surface area contributed by atoms with Crippen LogP contribution < -0.4 is 10.6 Å². The molecule has 2 amide bonds. The number of carbonyl (C=O) groups excluding carboxylic acids is 2. The zero-order chi connectivity index (χ0) is 15.2. The molecule has 0 aromatic carbocycles. The SMILES string of the molecule is O=C(O)Cn1ccc(NC(=O)CCCNC(=O)C2CC2)n1.